The van der Waals surface area contributed by atoms with Crippen molar-refractivity contribution >= 4 is 21.6 Å². The van der Waals surface area contributed by atoms with E-state index in [1.54, 1.807) is 7.05 Å². The summed E-state index contributed by atoms with van der Waals surface area (Å²) in [5.74, 6) is 0.348. The minimum Gasteiger partial charge on any atom is -0.482 e. The number of tetrazole rings is 1. The Hall–Kier alpha value is -1.70. The average Bonchev–Trinajstić information content (AvgIpc) is 2.62. The van der Waals surface area contributed by atoms with Crippen LogP contribution in [0.4, 0.5) is 10.1 Å². The largest absolute Gasteiger partial charge is 0.482 e. The van der Waals surface area contributed by atoms with Gasteiger partial charge >= 0.3 is 0 Å². The summed E-state index contributed by atoms with van der Waals surface area (Å²) in [6, 6.07) is 2.46. The minimum absolute atomic E-state index is 0.113. The number of nitrogens with zero attached hydrogens (tertiary/aromatic N) is 4. The standard InChI is InChI=1S/C9H9BrFN5O/c1-16-14-8(13-15-16)4-17-9-6(10)2-5(11)3-7(9)12/h2-3H,4,12H2,1H3. The lowest BCUT2D eigenvalue weighted by Crippen LogP contribution is -2.02. The third kappa shape index (κ3) is 2.70. The summed E-state index contributed by atoms with van der Waals surface area (Å²) < 4.78 is 18.8. The fourth-order valence-electron chi connectivity index (χ4n) is 1.25. The molecule has 0 aliphatic carbocycles. The van der Waals surface area contributed by atoms with Crippen molar-refractivity contribution in [2.75, 3.05) is 5.73 Å². The maximum Gasteiger partial charge on any atom is 0.212 e. The van der Waals surface area contributed by atoms with Crippen LogP contribution >= 0.6 is 15.9 Å². The third-order valence-corrected chi connectivity index (χ3v) is 2.52. The summed E-state index contributed by atoms with van der Waals surface area (Å²) in [4.78, 5) is 1.32. The molecule has 0 aliphatic rings. The highest BCUT2D eigenvalue weighted by atomic mass is 79.9. The molecule has 1 heterocycles. The molecule has 0 saturated heterocycles. The zero-order chi connectivity index (χ0) is 12.4. The Bertz CT molecular complexity index is 521. The molecule has 0 unspecified atom stereocenters. The number of halogens is 2. The quantitative estimate of drug-likeness (QED) is 0.864. The lowest BCUT2D eigenvalue weighted by Gasteiger charge is -2.09. The van der Waals surface area contributed by atoms with E-state index in [-0.39, 0.29) is 12.3 Å². The van der Waals surface area contributed by atoms with E-state index in [1.165, 1.54) is 16.9 Å². The molecule has 0 saturated carbocycles. The molecular formula is C9H9BrFN5O. The van der Waals surface area contributed by atoms with Crippen LogP contribution in [0.25, 0.3) is 0 Å². The summed E-state index contributed by atoms with van der Waals surface area (Å²) in [7, 11) is 1.65. The highest BCUT2D eigenvalue weighted by Crippen LogP contribution is 2.32. The van der Waals surface area contributed by atoms with E-state index in [2.05, 4.69) is 31.3 Å². The molecule has 90 valence electrons. The molecule has 2 aromatic rings. The Morgan fingerprint density at radius 3 is 2.88 bits per heavy atom. The molecule has 1 aromatic heterocycles. The molecule has 2 rings (SSSR count). The molecule has 0 amide bonds. The monoisotopic (exact) mass is 301 g/mol. The molecule has 0 fully saturated rings. The van der Waals surface area contributed by atoms with Crippen molar-refractivity contribution in [3.63, 3.8) is 0 Å². The first-order chi connectivity index (χ1) is 8.06. The van der Waals surface area contributed by atoms with Crippen LogP contribution in [0, 0.1) is 5.82 Å². The Morgan fingerprint density at radius 1 is 1.53 bits per heavy atom. The Balaban J connectivity index is 2.14. The van der Waals surface area contributed by atoms with Gasteiger partial charge in [0.25, 0.3) is 0 Å². The lowest BCUT2D eigenvalue weighted by atomic mass is 10.3. The summed E-state index contributed by atoms with van der Waals surface area (Å²) in [5.41, 5.74) is 5.84. The second kappa shape index (κ2) is 4.66. The summed E-state index contributed by atoms with van der Waals surface area (Å²) in [6.07, 6.45) is 0. The molecule has 0 spiro atoms. The van der Waals surface area contributed by atoms with Gasteiger partial charge in [0, 0.05) is 6.07 Å². The van der Waals surface area contributed by atoms with Gasteiger partial charge in [-0.1, -0.05) is 0 Å². The minimum atomic E-state index is -0.431. The van der Waals surface area contributed by atoms with Gasteiger partial charge in [-0.05, 0) is 27.2 Å². The summed E-state index contributed by atoms with van der Waals surface area (Å²) in [6.45, 7) is 0.113. The van der Waals surface area contributed by atoms with Gasteiger partial charge in [-0.25, -0.2) is 4.39 Å². The van der Waals surface area contributed by atoms with Gasteiger partial charge in [0.15, 0.2) is 12.4 Å². The number of aromatic nitrogens is 4. The fraction of sp³-hybridized carbons (Fsp3) is 0.222. The smallest absolute Gasteiger partial charge is 0.212 e. The van der Waals surface area contributed by atoms with Gasteiger partial charge in [0.05, 0.1) is 17.2 Å². The van der Waals surface area contributed by atoms with Crippen LogP contribution in [0.2, 0.25) is 0 Å². The van der Waals surface area contributed by atoms with Gasteiger partial charge in [-0.15, -0.1) is 10.2 Å². The predicted octanol–water partition coefficient (Wildman–Crippen LogP) is 1.27. The van der Waals surface area contributed by atoms with Gasteiger partial charge in [0.1, 0.15) is 5.82 Å². The van der Waals surface area contributed by atoms with Crippen molar-refractivity contribution in [2.24, 2.45) is 7.05 Å². The van der Waals surface area contributed by atoms with Crippen LogP contribution in [-0.2, 0) is 13.7 Å². The molecule has 0 bridgehead atoms. The number of benzene rings is 1. The molecule has 6 nitrogen and oxygen atoms in total. The van der Waals surface area contributed by atoms with Crippen LogP contribution < -0.4 is 10.5 Å². The molecule has 8 heteroatoms. The molecular weight excluding hydrogens is 293 g/mol. The highest BCUT2D eigenvalue weighted by molar-refractivity contribution is 9.10. The highest BCUT2D eigenvalue weighted by Gasteiger charge is 2.10. The van der Waals surface area contributed by atoms with E-state index in [9.17, 15) is 4.39 Å². The summed E-state index contributed by atoms with van der Waals surface area (Å²) in [5, 5.41) is 11.4. The molecule has 1 aromatic carbocycles. The predicted molar refractivity (Wildman–Crippen MR) is 61.6 cm³/mol. The van der Waals surface area contributed by atoms with E-state index in [1.807, 2.05) is 0 Å². The van der Waals surface area contributed by atoms with Crippen molar-refractivity contribution < 1.29 is 9.13 Å². The van der Waals surface area contributed by atoms with E-state index in [4.69, 9.17) is 10.5 Å². The van der Waals surface area contributed by atoms with Crippen LogP contribution in [0.3, 0.4) is 0 Å². The first kappa shape index (κ1) is 11.8. The van der Waals surface area contributed by atoms with Crippen molar-refractivity contribution in [3.8, 4) is 5.75 Å². The summed E-state index contributed by atoms with van der Waals surface area (Å²) >= 11 is 3.17. The van der Waals surface area contributed by atoms with Crippen molar-refractivity contribution in [1.82, 2.24) is 20.2 Å². The molecule has 0 atom stereocenters. The van der Waals surface area contributed by atoms with Crippen LogP contribution in [0.5, 0.6) is 5.75 Å². The zero-order valence-electron chi connectivity index (χ0n) is 8.89. The first-order valence-electron chi connectivity index (χ1n) is 4.66. The number of rotatable bonds is 3. The number of aryl methyl sites for hydroxylation is 1. The van der Waals surface area contributed by atoms with Crippen molar-refractivity contribution in [3.05, 3.63) is 28.2 Å². The topological polar surface area (TPSA) is 78.8 Å². The van der Waals surface area contributed by atoms with Gasteiger partial charge < -0.3 is 10.5 Å². The number of anilines is 1. The van der Waals surface area contributed by atoms with E-state index in [0.29, 0.717) is 16.0 Å². The first-order valence-corrected chi connectivity index (χ1v) is 5.46. The molecule has 0 aliphatic heterocycles. The number of nitrogens with two attached hydrogens (primary N) is 1. The Kier molecular flexibility index (Phi) is 3.23. The third-order valence-electron chi connectivity index (χ3n) is 1.93. The SMILES string of the molecule is Cn1nnc(COc2c(N)cc(F)cc2Br)n1. The van der Waals surface area contributed by atoms with E-state index in [0.717, 1.165) is 0 Å². The average molecular weight is 302 g/mol. The van der Waals surface area contributed by atoms with Gasteiger partial charge in [-0.3, -0.25) is 0 Å². The Morgan fingerprint density at radius 2 is 2.29 bits per heavy atom. The normalized spacial score (nSPS) is 10.5. The van der Waals surface area contributed by atoms with Crippen LogP contribution in [-0.4, -0.2) is 20.2 Å². The zero-order valence-corrected chi connectivity index (χ0v) is 10.5. The molecule has 2 N–H and O–H groups in total. The van der Waals surface area contributed by atoms with Crippen molar-refractivity contribution in [1.29, 1.82) is 0 Å². The van der Waals surface area contributed by atoms with Crippen LogP contribution in [0.15, 0.2) is 16.6 Å². The number of nitrogen functional groups attached to an aromatic ring is 1. The fourth-order valence-corrected chi connectivity index (χ4v) is 1.81. The van der Waals surface area contributed by atoms with E-state index >= 15 is 0 Å². The van der Waals surface area contributed by atoms with Gasteiger partial charge in [-0.2, -0.15) is 4.80 Å². The van der Waals surface area contributed by atoms with E-state index < -0.39 is 5.82 Å². The Labute approximate surface area is 105 Å². The number of ether oxygens (including phenoxy) is 1. The maximum atomic E-state index is 13.0. The van der Waals surface area contributed by atoms with Gasteiger partial charge in [0.2, 0.25) is 5.82 Å². The number of hydrogen-bond donors (Lipinski definition) is 1. The van der Waals surface area contributed by atoms with Crippen molar-refractivity contribution in [2.45, 2.75) is 6.61 Å². The maximum absolute atomic E-state index is 13.0. The molecule has 17 heavy (non-hydrogen) atoms. The van der Waals surface area contributed by atoms with Crippen LogP contribution in [0.1, 0.15) is 5.82 Å². The number of hydrogen-bond acceptors (Lipinski definition) is 5. The molecule has 0 radical (unpaired) electrons. The second-order valence-electron chi connectivity index (χ2n) is 3.29. The second-order valence-corrected chi connectivity index (χ2v) is 4.14. The lowest BCUT2D eigenvalue weighted by molar-refractivity contribution is 0.294.